The molecule has 0 saturated carbocycles. The molecule has 0 aliphatic carbocycles. The van der Waals surface area contributed by atoms with Crippen molar-refractivity contribution in [1.82, 2.24) is 4.31 Å². The molecule has 0 saturated heterocycles. The van der Waals surface area contributed by atoms with E-state index >= 15 is 0 Å². The molecule has 3 rings (SSSR count). The van der Waals surface area contributed by atoms with Gasteiger partial charge < -0.3 is 4.90 Å². The van der Waals surface area contributed by atoms with Crippen LogP contribution in [0.25, 0.3) is 0 Å². The van der Waals surface area contributed by atoms with E-state index in [0.29, 0.717) is 23.1 Å². The molecule has 1 aliphatic heterocycles. The highest BCUT2D eigenvalue weighted by Gasteiger charge is 2.37. The minimum atomic E-state index is -3.78. The standard InChI is InChI=1S/C20H23BrN2O3S/c1-4-22(13-16-8-6-5-7-9-16)27(25,26)19-12-18(21)11-17-10-14(2)23(15(3)24)20(17)19/h5-9,11-12,14H,4,10,13H2,1-3H3. The molecule has 1 aliphatic rings. The number of halogens is 1. The molecular weight excluding hydrogens is 428 g/mol. The maximum atomic E-state index is 13.5. The quantitative estimate of drug-likeness (QED) is 0.692. The van der Waals surface area contributed by atoms with Gasteiger partial charge in [-0.25, -0.2) is 8.42 Å². The number of rotatable bonds is 5. The zero-order valence-corrected chi connectivity index (χ0v) is 18.0. The Hall–Kier alpha value is -1.70. The zero-order valence-electron chi connectivity index (χ0n) is 15.6. The Morgan fingerprint density at radius 3 is 2.52 bits per heavy atom. The van der Waals surface area contributed by atoms with Gasteiger partial charge in [0.25, 0.3) is 0 Å². The van der Waals surface area contributed by atoms with Crippen LogP contribution in [-0.2, 0) is 27.8 Å². The highest BCUT2D eigenvalue weighted by Crippen LogP contribution is 2.41. The number of fused-ring (bicyclic) bond motifs is 1. The third-order valence-corrected chi connectivity index (χ3v) is 7.22. The Morgan fingerprint density at radius 2 is 1.93 bits per heavy atom. The molecule has 2 aromatic rings. The maximum absolute atomic E-state index is 13.5. The van der Waals surface area contributed by atoms with Crippen molar-refractivity contribution in [2.75, 3.05) is 11.4 Å². The summed E-state index contributed by atoms with van der Waals surface area (Å²) in [5, 5.41) is 0. The average Bonchev–Trinajstić information content (AvgIpc) is 2.95. The lowest BCUT2D eigenvalue weighted by atomic mass is 10.1. The van der Waals surface area contributed by atoms with Crippen molar-refractivity contribution in [2.24, 2.45) is 0 Å². The summed E-state index contributed by atoms with van der Waals surface area (Å²) in [6.07, 6.45) is 0.641. The molecule has 0 radical (unpaired) electrons. The van der Waals surface area contributed by atoms with E-state index in [2.05, 4.69) is 15.9 Å². The summed E-state index contributed by atoms with van der Waals surface area (Å²) >= 11 is 3.44. The topological polar surface area (TPSA) is 57.7 Å². The van der Waals surface area contributed by atoms with E-state index in [9.17, 15) is 13.2 Å². The number of amides is 1. The van der Waals surface area contributed by atoms with Crippen LogP contribution in [0, 0.1) is 0 Å². The van der Waals surface area contributed by atoms with Gasteiger partial charge in [0.2, 0.25) is 15.9 Å². The van der Waals surface area contributed by atoms with E-state index in [4.69, 9.17) is 0 Å². The van der Waals surface area contributed by atoms with Crippen LogP contribution in [-0.4, -0.2) is 31.2 Å². The summed E-state index contributed by atoms with van der Waals surface area (Å²) in [7, 11) is -3.78. The van der Waals surface area contributed by atoms with Gasteiger partial charge in [0.05, 0.1) is 5.69 Å². The van der Waals surface area contributed by atoms with E-state index in [1.807, 2.05) is 50.2 Å². The van der Waals surface area contributed by atoms with Crippen LogP contribution in [0.2, 0.25) is 0 Å². The fourth-order valence-electron chi connectivity index (χ4n) is 3.64. The normalized spacial score (nSPS) is 16.6. The predicted octanol–water partition coefficient (Wildman–Crippen LogP) is 3.96. The van der Waals surface area contributed by atoms with E-state index in [0.717, 1.165) is 11.1 Å². The van der Waals surface area contributed by atoms with Crippen molar-refractivity contribution in [3.8, 4) is 0 Å². The fraction of sp³-hybridized carbons (Fsp3) is 0.350. The molecular formula is C20H23BrN2O3S. The van der Waals surface area contributed by atoms with E-state index < -0.39 is 10.0 Å². The molecule has 0 fully saturated rings. The molecule has 0 bridgehead atoms. The first kappa shape index (κ1) is 20.0. The monoisotopic (exact) mass is 450 g/mol. The highest BCUT2D eigenvalue weighted by atomic mass is 79.9. The SMILES string of the molecule is CCN(Cc1ccccc1)S(=O)(=O)c1cc(Br)cc2c1N(C(C)=O)C(C)C2. The smallest absolute Gasteiger partial charge is 0.245 e. The minimum Gasteiger partial charge on any atom is -0.308 e. The van der Waals surface area contributed by atoms with Gasteiger partial charge in [-0.05, 0) is 36.6 Å². The van der Waals surface area contributed by atoms with E-state index in [1.165, 1.54) is 11.2 Å². The molecule has 27 heavy (non-hydrogen) atoms. The number of sulfonamides is 1. The summed E-state index contributed by atoms with van der Waals surface area (Å²) in [6, 6.07) is 13.0. The first-order valence-corrected chi connectivity index (χ1v) is 11.1. The van der Waals surface area contributed by atoms with Crippen molar-refractivity contribution < 1.29 is 13.2 Å². The molecule has 7 heteroatoms. The molecule has 0 N–H and O–H groups in total. The van der Waals surface area contributed by atoms with E-state index in [1.54, 1.807) is 11.0 Å². The second kappa shape index (κ2) is 7.73. The molecule has 144 valence electrons. The molecule has 1 amide bonds. The van der Waals surface area contributed by atoms with Crippen LogP contribution in [0.3, 0.4) is 0 Å². The number of hydrogen-bond donors (Lipinski definition) is 0. The third-order valence-electron chi connectivity index (χ3n) is 4.83. The van der Waals surface area contributed by atoms with E-state index in [-0.39, 0.29) is 23.4 Å². The van der Waals surface area contributed by atoms with Crippen molar-refractivity contribution in [3.05, 3.63) is 58.1 Å². The van der Waals surface area contributed by atoms with Gasteiger partial charge >= 0.3 is 0 Å². The largest absolute Gasteiger partial charge is 0.308 e. The van der Waals surface area contributed by atoms with Crippen molar-refractivity contribution in [1.29, 1.82) is 0 Å². The predicted molar refractivity (Wildman–Crippen MR) is 110 cm³/mol. The summed E-state index contributed by atoms with van der Waals surface area (Å²) in [6.45, 7) is 5.87. The first-order chi connectivity index (χ1) is 12.8. The number of benzene rings is 2. The number of carbonyl (C=O) groups is 1. The van der Waals surface area contributed by atoms with Gasteiger partial charge in [0.15, 0.2) is 0 Å². The maximum Gasteiger partial charge on any atom is 0.245 e. The van der Waals surface area contributed by atoms with Gasteiger partial charge in [-0.15, -0.1) is 0 Å². The third kappa shape index (κ3) is 3.81. The van der Waals surface area contributed by atoms with Crippen LogP contribution in [0.5, 0.6) is 0 Å². The van der Waals surface area contributed by atoms with Gasteiger partial charge in [0, 0.05) is 30.5 Å². The molecule has 1 atom stereocenters. The first-order valence-electron chi connectivity index (χ1n) is 8.92. The molecule has 0 spiro atoms. The van der Waals surface area contributed by atoms with Crippen LogP contribution >= 0.6 is 15.9 Å². The molecule has 2 aromatic carbocycles. The van der Waals surface area contributed by atoms with Crippen molar-refractivity contribution in [2.45, 2.75) is 44.7 Å². The Kier molecular flexibility index (Phi) is 5.74. The molecule has 5 nitrogen and oxygen atoms in total. The second-order valence-corrected chi connectivity index (χ2v) is 9.59. The lowest BCUT2D eigenvalue weighted by Gasteiger charge is -2.26. The fourth-order valence-corrected chi connectivity index (χ4v) is 5.99. The average molecular weight is 451 g/mol. The number of hydrogen-bond acceptors (Lipinski definition) is 3. The summed E-state index contributed by atoms with van der Waals surface area (Å²) in [5.74, 6) is -0.147. The lowest BCUT2D eigenvalue weighted by molar-refractivity contribution is -0.116. The van der Waals surface area contributed by atoms with Gasteiger partial charge in [-0.1, -0.05) is 53.2 Å². The Morgan fingerprint density at radius 1 is 1.26 bits per heavy atom. The van der Waals surface area contributed by atoms with Crippen LogP contribution in [0.15, 0.2) is 51.8 Å². The molecule has 1 unspecified atom stereocenters. The Labute approximate surface area is 169 Å². The van der Waals surface area contributed by atoms with Crippen LogP contribution in [0.4, 0.5) is 5.69 Å². The number of nitrogens with zero attached hydrogens (tertiary/aromatic N) is 2. The van der Waals surface area contributed by atoms with Crippen LogP contribution in [0.1, 0.15) is 31.9 Å². The Balaban J connectivity index is 2.11. The minimum absolute atomic E-state index is 0.0649. The second-order valence-electron chi connectivity index (χ2n) is 6.77. The Bertz CT molecular complexity index is 961. The van der Waals surface area contributed by atoms with Crippen molar-refractivity contribution in [3.63, 3.8) is 0 Å². The molecule has 1 heterocycles. The summed E-state index contributed by atoms with van der Waals surface area (Å²) in [4.78, 5) is 14.0. The van der Waals surface area contributed by atoms with Gasteiger partial charge in [0.1, 0.15) is 4.90 Å². The number of carbonyl (C=O) groups excluding carboxylic acids is 1. The molecule has 0 aromatic heterocycles. The number of anilines is 1. The van der Waals surface area contributed by atoms with Gasteiger partial charge in [-0.2, -0.15) is 4.31 Å². The highest BCUT2D eigenvalue weighted by molar-refractivity contribution is 9.10. The zero-order chi connectivity index (χ0) is 19.8. The van der Waals surface area contributed by atoms with Gasteiger partial charge in [-0.3, -0.25) is 4.79 Å². The van der Waals surface area contributed by atoms with Crippen LogP contribution < -0.4 is 4.90 Å². The lowest BCUT2D eigenvalue weighted by Crippen LogP contribution is -2.36. The summed E-state index contributed by atoms with van der Waals surface area (Å²) in [5.41, 5.74) is 2.32. The van der Waals surface area contributed by atoms with Crippen molar-refractivity contribution >= 4 is 37.5 Å². The summed E-state index contributed by atoms with van der Waals surface area (Å²) < 4.78 is 29.2.